The molecule has 1 aromatic carbocycles. The van der Waals surface area contributed by atoms with E-state index < -0.39 is 0 Å². The summed E-state index contributed by atoms with van der Waals surface area (Å²) in [5.74, 6) is 2.75. The molecule has 0 spiro atoms. The van der Waals surface area contributed by atoms with Crippen LogP contribution in [0.2, 0.25) is 0 Å². The van der Waals surface area contributed by atoms with Crippen molar-refractivity contribution in [1.29, 1.82) is 0 Å². The van der Waals surface area contributed by atoms with Crippen molar-refractivity contribution in [3.63, 3.8) is 0 Å². The molecule has 0 aliphatic heterocycles. The van der Waals surface area contributed by atoms with Crippen LogP contribution in [0.25, 0.3) is 0 Å². The number of hydrogen-bond donors (Lipinski definition) is 2. The van der Waals surface area contributed by atoms with Gasteiger partial charge in [0.1, 0.15) is 5.82 Å². The molecule has 0 radical (unpaired) electrons. The minimum Gasteiger partial charge on any atom is -0.381 e. The third kappa shape index (κ3) is 8.18. The molecule has 7 heteroatoms. The number of halogens is 1. The first-order valence-corrected chi connectivity index (χ1v) is 9.91. The van der Waals surface area contributed by atoms with Gasteiger partial charge < -0.3 is 19.9 Å². The molecule has 2 N–H and O–H groups in total. The van der Waals surface area contributed by atoms with E-state index in [1.165, 1.54) is 18.4 Å². The van der Waals surface area contributed by atoms with Crippen LogP contribution in [0.5, 0.6) is 0 Å². The Hall–Kier alpha value is -1.61. The third-order valence-electron chi connectivity index (χ3n) is 4.67. The fraction of sp³-hybridized carbons (Fsp3) is 0.524. The first-order valence-electron chi connectivity index (χ1n) is 9.91. The van der Waals surface area contributed by atoms with Gasteiger partial charge in [0.25, 0.3) is 0 Å². The SMILES string of the molecule is CN=C(NCCCOCC1CC1)NCCc1nccn1Cc1ccccc1.I. The summed E-state index contributed by atoms with van der Waals surface area (Å²) in [5.41, 5.74) is 1.28. The van der Waals surface area contributed by atoms with E-state index >= 15 is 0 Å². The van der Waals surface area contributed by atoms with Gasteiger partial charge in [0.15, 0.2) is 5.96 Å². The molecule has 1 aromatic heterocycles. The first kappa shape index (κ1) is 22.7. The molecule has 0 saturated heterocycles. The molecular weight excluding hydrogens is 465 g/mol. The second-order valence-electron chi connectivity index (χ2n) is 7.00. The average molecular weight is 497 g/mol. The van der Waals surface area contributed by atoms with Crippen LogP contribution in [0.15, 0.2) is 47.7 Å². The number of aromatic nitrogens is 2. The predicted octanol–water partition coefficient (Wildman–Crippen LogP) is 3.07. The number of guanidine groups is 1. The third-order valence-corrected chi connectivity index (χ3v) is 4.67. The van der Waals surface area contributed by atoms with Crippen LogP contribution >= 0.6 is 24.0 Å². The van der Waals surface area contributed by atoms with Crippen molar-refractivity contribution in [2.75, 3.05) is 33.4 Å². The van der Waals surface area contributed by atoms with Crippen LogP contribution in [0.1, 0.15) is 30.7 Å². The molecule has 28 heavy (non-hydrogen) atoms. The van der Waals surface area contributed by atoms with Crippen LogP contribution in [0.3, 0.4) is 0 Å². The van der Waals surface area contributed by atoms with Gasteiger partial charge in [-0.05, 0) is 30.7 Å². The predicted molar refractivity (Wildman–Crippen MR) is 124 cm³/mol. The Balaban J connectivity index is 0.00000280. The molecule has 3 rings (SSSR count). The van der Waals surface area contributed by atoms with Gasteiger partial charge in [0, 0.05) is 58.7 Å². The zero-order chi connectivity index (χ0) is 18.7. The summed E-state index contributed by atoms with van der Waals surface area (Å²) in [6, 6.07) is 10.5. The normalized spacial score (nSPS) is 13.8. The second kappa shape index (κ2) is 12.8. The number of hydrogen-bond acceptors (Lipinski definition) is 3. The smallest absolute Gasteiger partial charge is 0.190 e. The molecule has 2 aromatic rings. The van der Waals surface area contributed by atoms with Crippen LogP contribution in [0, 0.1) is 5.92 Å². The van der Waals surface area contributed by atoms with E-state index in [0.29, 0.717) is 0 Å². The summed E-state index contributed by atoms with van der Waals surface area (Å²) in [7, 11) is 1.80. The van der Waals surface area contributed by atoms with Crippen molar-refractivity contribution >= 4 is 29.9 Å². The van der Waals surface area contributed by atoms with E-state index in [9.17, 15) is 0 Å². The van der Waals surface area contributed by atoms with Crippen molar-refractivity contribution in [3.8, 4) is 0 Å². The van der Waals surface area contributed by atoms with E-state index in [2.05, 4.69) is 49.4 Å². The zero-order valence-corrected chi connectivity index (χ0v) is 19.0. The Morgan fingerprint density at radius 3 is 2.75 bits per heavy atom. The van der Waals surface area contributed by atoms with E-state index in [1.807, 2.05) is 18.5 Å². The Bertz CT molecular complexity index is 700. The van der Waals surface area contributed by atoms with Crippen molar-refractivity contribution in [2.24, 2.45) is 10.9 Å². The molecule has 0 bridgehead atoms. The summed E-state index contributed by atoms with van der Waals surface area (Å²) in [5, 5.41) is 6.70. The van der Waals surface area contributed by atoms with Crippen molar-refractivity contribution < 1.29 is 4.74 Å². The molecule has 1 aliphatic carbocycles. The number of imidazole rings is 1. The number of nitrogens with zero attached hydrogens (tertiary/aromatic N) is 3. The number of aliphatic imine (C=N–C) groups is 1. The van der Waals surface area contributed by atoms with E-state index in [0.717, 1.165) is 63.4 Å². The minimum absolute atomic E-state index is 0. The van der Waals surface area contributed by atoms with Gasteiger partial charge in [-0.25, -0.2) is 4.98 Å². The zero-order valence-electron chi connectivity index (χ0n) is 16.6. The van der Waals surface area contributed by atoms with Gasteiger partial charge in [-0.3, -0.25) is 4.99 Å². The lowest BCUT2D eigenvalue weighted by atomic mass is 10.2. The number of nitrogens with one attached hydrogen (secondary N) is 2. The van der Waals surface area contributed by atoms with Gasteiger partial charge in [-0.2, -0.15) is 0 Å². The average Bonchev–Trinajstić information content (AvgIpc) is 3.43. The van der Waals surface area contributed by atoms with Gasteiger partial charge in [-0.15, -0.1) is 24.0 Å². The Kier molecular flexibility index (Phi) is 10.3. The molecule has 0 atom stereocenters. The van der Waals surface area contributed by atoms with Gasteiger partial charge in [-0.1, -0.05) is 30.3 Å². The highest BCUT2D eigenvalue weighted by molar-refractivity contribution is 14.0. The first-order chi connectivity index (χ1) is 13.3. The monoisotopic (exact) mass is 497 g/mol. The van der Waals surface area contributed by atoms with Crippen molar-refractivity contribution in [1.82, 2.24) is 20.2 Å². The molecule has 1 fully saturated rings. The lowest BCUT2D eigenvalue weighted by molar-refractivity contribution is 0.123. The molecule has 1 heterocycles. The molecule has 1 aliphatic rings. The van der Waals surface area contributed by atoms with E-state index in [1.54, 1.807) is 7.05 Å². The van der Waals surface area contributed by atoms with Crippen molar-refractivity contribution in [2.45, 2.75) is 32.2 Å². The highest BCUT2D eigenvalue weighted by Gasteiger charge is 2.20. The lowest BCUT2D eigenvalue weighted by Crippen LogP contribution is -2.39. The van der Waals surface area contributed by atoms with Crippen LogP contribution in [0.4, 0.5) is 0 Å². The molecule has 0 amide bonds. The highest BCUT2D eigenvalue weighted by Crippen LogP contribution is 2.28. The van der Waals surface area contributed by atoms with Crippen LogP contribution in [-0.4, -0.2) is 48.9 Å². The maximum absolute atomic E-state index is 5.65. The second-order valence-corrected chi connectivity index (χ2v) is 7.00. The molecule has 0 unspecified atom stereocenters. The molecular formula is C21H32IN5O. The van der Waals surface area contributed by atoms with Crippen molar-refractivity contribution in [3.05, 3.63) is 54.1 Å². The van der Waals surface area contributed by atoms with Gasteiger partial charge >= 0.3 is 0 Å². The Labute approximate surface area is 185 Å². The summed E-state index contributed by atoms with van der Waals surface area (Å²) in [6.07, 6.45) is 8.45. The number of ether oxygens (including phenoxy) is 1. The van der Waals surface area contributed by atoms with E-state index in [-0.39, 0.29) is 24.0 Å². The fourth-order valence-electron chi connectivity index (χ4n) is 2.92. The maximum atomic E-state index is 5.65. The van der Waals surface area contributed by atoms with E-state index in [4.69, 9.17) is 4.74 Å². The number of rotatable bonds is 11. The highest BCUT2D eigenvalue weighted by atomic mass is 127. The fourth-order valence-corrected chi connectivity index (χ4v) is 2.92. The van der Waals surface area contributed by atoms with Crippen LogP contribution < -0.4 is 10.6 Å². The lowest BCUT2D eigenvalue weighted by Gasteiger charge is -2.13. The summed E-state index contributed by atoms with van der Waals surface area (Å²) < 4.78 is 7.85. The molecule has 6 nitrogen and oxygen atoms in total. The molecule has 1 saturated carbocycles. The largest absolute Gasteiger partial charge is 0.381 e. The van der Waals surface area contributed by atoms with Gasteiger partial charge in [0.2, 0.25) is 0 Å². The summed E-state index contributed by atoms with van der Waals surface area (Å²) >= 11 is 0. The summed E-state index contributed by atoms with van der Waals surface area (Å²) in [6.45, 7) is 4.26. The summed E-state index contributed by atoms with van der Waals surface area (Å²) in [4.78, 5) is 8.78. The topological polar surface area (TPSA) is 63.5 Å². The number of benzene rings is 1. The standard InChI is InChI=1S/C21H31N5O.HI/c1-22-21(24-11-5-15-27-17-19-8-9-19)25-12-10-20-23-13-14-26(20)16-18-6-3-2-4-7-18;/h2-4,6-7,13-14,19H,5,8-12,15-17H2,1H3,(H2,22,24,25);1H. The van der Waals surface area contributed by atoms with Crippen LogP contribution in [-0.2, 0) is 17.7 Å². The Morgan fingerprint density at radius 2 is 2.00 bits per heavy atom. The Morgan fingerprint density at radius 1 is 1.21 bits per heavy atom. The quantitative estimate of drug-likeness (QED) is 0.217. The maximum Gasteiger partial charge on any atom is 0.190 e. The minimum atomic E-state index is 0. The molecule has 154 valence electrons. The van der Waals surface area contributed by atoms with Gasteiger partial charge in [0.05, 0.1) is 0 Å².